The molecule has 0 bridgehead atoms. The van der Waals surface area contributed by atoms with Gasteiger partial charge in [0.05, 0.1) is 16.6 Å². The average Bonchev–Trinajstić information content (AvgIpc) is 3.21. The molecule has 1 unspecified atom stereocenters. The molecule has 0 fully saturated rings. The number of thiophene rings is 1. The van der Waals surface area contributed by atoms with Crippen molar-refractivity contribution in [3.63, 3.8) is 0 Å². The van der Waals surface area contributed by atoms with Gasteiger partial charge in [-0.05, 0) is 23.1 Å². The van der Waals surface area contributed by atoms with Crippen molar-refractivity contribution in [2.45, 2.75) is 6.04 Å². The zero-order chi connectivity index (χ0) is 19.2. The lowest BCUT2D eigenvalue weighted by atomic mass is 10.1. The van der Waals surface area contributed by atoms with Crippen molar-refractivity contribution in [2.75, 3.05) is 6.61 Å². The first-order valence-corrected chi connectivity index (χ1v) is 9.54. The third-order valence-corrected chi connectivity index (χ3v) is 5.26. The van der Waals surface area contributed by atoms with Gasteiger partial charge in [-0.2, -0.15) is 0 Å². The SMILES string of the molecule is O=C(COC(=O)c1cnc(Cl)c(Cl)c1)NC(c1ccccc1)c1cccs1. The summed E-state index contributed by atoms with van der Waals surface area (Å²) in [6.45, 7) is -0.423. The molecule has 0 radical (unpaired) electrons. The molecule has 8 heteroatoms. The van der Waals surface area contributed by atoms with Crippen LogP contribution < -0.4 is 5.32 Å². The molecule has 0 spiro atoms. The minimum Gasteiger partial charge on any atom is -0.452 e. The van der Waals surface area contributed by atoms with Crippen LogP contribution in [0.4, 0.5) is 0 Å². The summed E-state index contributed by atoms with van der Waals surface area (Å²) in [5, 5.41) is 5.06. The fraction of sp³-hybridized carbons (Fsp3) is 0.105. The summed E-state index contributed by atoms with van der Waals surface area (Å²) < 4.78 is 5.05. The molecular formula is C19H14Cl2N2O3S. The van der Waals surface area contributed by atoms with Gasteiger partial charge in [-0.1, -0.05) is 59.6 Å². The predicted octanol–water partition coefficient (Wildman–Crippen LogP) is 4.51. The lowest BCUT2D eigenvalue weighted by Crippen LogP contribution is -2.32. The van der Waals surface area contributed by atoms with Crippen LogP contribution in [-0.2, 0) is 9.53 Å². The number of amides is 1. The molecule has 1 atom stereocenters. The van der Waals surface area contributed by atoms with E-state index in [2.05, 4.69) is 10.3 Å². The van der Waals surface area contributed by atoms with Gasteiger partial charge in [0.2, 0.25) is 0 Å². The van der Waals surface area contributed by atoms with E-state index in [1.807, 2.05) is 47.8 Å². The van der Waals surface area contributed by atoms with Gasteiger partial charge in [-0.3, -0.25) is 4.79 Å². The second-order valence-corrected chi connectivity index (χ2v) is 7.24. The second-order valence-electron chi connectivity index (χ2n) is 5.50. The number of esters is 1. The number of halogens is 2. The van der Waals surface area contributed by atoms with Crippen LogP contribution >= 0.6 is 34.5 Å². The van der Waals surface area contributed by atoms with Crippen molar-refractivity contribution in [1.82, 2.24) is 10.3 Å². The Kier molecular flexibility index (Phi) is 6.45. The summed E-state index contributed by atoms with van der Waals surface area (Å²) in [5.41, 5.74) is 1.06. The van der Waals surface area contributed by atoms with E-state index in [1.165, 1.54) is 23.6 Å². The lowest BCUT2D eigenvalue weighted by molar-refractivity contribution is -0.124. The number of carbonyl (C=O) groups excluding carboxylic acids is 2. The summed E-state index contributed by atoms with van der Waals surface area (Å²) in [5.74, 6) is -1.12. The highest BCUT2D eigenvalue weighted by atomic mass is 35.5. The van der Waals surface area contributed by atoms with Gasteiger partial charge in [0.1, 0.15) is 5.15 Å². The Labute approximate surface area is 169 Å². The fourth-order valence-electron chi connectivity index (χ4n) is 2.37. The maximum absolute atomic E-state index is 12.3. The Morgan fingerprint density at radius 3 is 2.59 bits per heavy atom. The first kappa shape index (κ1) is 19.4. The normalized spacial score (nSPS) is 11.6. The van der Waals surface area contributed by atoms with Gasteiger partial charge < -0.3 is 10.1 Å². The van der Waals surface area contributed by atoms with Crippen LogP contribution in [0.25, 0.3) is 0 Å². The molecule has 0 saturated carbocycles. The monoisotopic (exact) mass is 420 g/mol. The Morgan fingerprint density at radius 2 is 1.93 bits per heavy atom. The number of benzene rings is 1. The topological polar surface area (TPSA) is 68.3 Å². The Balaban J connectivity index is 1.64. The van der Waals surface area contributed by atoms with Gasteiger partial charge in [0, 0.05) is 11.1 Å². The van der Waals surface area contributed by atoms with E-state index in [9.17, 15) is 9.59 Å². The number of aromatic nitrogens is 1. The van der Waals surface area contributed by atoms with Crippen molar-refractivity contribution in [2.24, 2.45) is 0 Å². The summed E-state index contributed by atoms with van der Waals surface area (Å²) >= 11 is 13.1. The van der Waals surface area contributed by atoms with Crippen LogP contribution in [-0.4, -0.2) is 23.5 Å². The van der Waals surface area contributed by atoms with E-state index in [4.69, 9.17) is 27.9 Å². The lowest BCUT2D eigenvalue weighted by Gasteiger charge is -2.18. The quantitative estimate of drug-likeness (QED) is 0.470. The first-order chi connectivity index (χ1) is 13.0. The van der Waals surface area contributed by atoms with Crippen LogP contribution in [0.3, 0.4) is 0 Å². The van der Waals surface area contributed by atoms with Gasteiger partial charge in [-0.15, -0.1) is 11.3 Å². The highest BCUT2D eigenvalue weighted by molar-refractivity contribution is 7.10. The van der Waals surface area contributed by atoms with Gasteiger partial charge in [0.25, 0.3) is 5.91 Å². The number of ether oxygens (including phenoxy) is 1. The summed E-state index contributed by atoms with van der Waals surface area (Å²) in [4.78, 5) is 29.2. The molecule has 0 aliphatic carbocycles. The number of nitrogens with one attached hydrogen (secondary N) is 1. The molecule has 0 aliphatic rings. The third-order valence-electron chi connectivity index (χ3n) is 3.63. The molecule has 5 nitrogen and oxygen atoms in total. The van der Waals surface area contributed by atoms with Gasteiger partial charge >= 0.3 is 5.97 Å². The molecule has 1 N–H and O–H groups in total. The number of hydrogen-bond acceptors (Lipinski definition) is 5. The highest BCUT2D eigenvalue weighted by Gasteiger charge is 2.19. The molecule has 138 valence electrons. The van der Waals surface area contributed by atoms with Crippen molar-refractivity contribution < 1.29 is 14.3 Å². The minimum atomic E-state index is -0.705. The number of hydrogen-bond donors (Lipinski definition) is 1. The molecule has 3 aromatic rings. The van der Waals surface area contributed by atoms with E-state index >= 15 is 0 Å². The second kappa shape index (κ2) is 8.99. The minimum absolute atomic E-state index is 0.0904. The maximum atomic E-state index is 12.3. The van der Waals surface area contributed by atoms with E-state index in [0.29, 0.717) is 0 Å². The molecular weight excluding hydrogens is 407 g/mol. The van der Waals surface area contributed by atoms with Crippen LogP contribution in [0, 0.1) is 0 Å². The summed E-state index contributed by atoms with van der Waals surface area (Å²) in [6.07, 6.45) is 1.24. The van der Waals surface area contributed by atoms with Crippen molar-refractivity contribution in [3.05, 3.63) is 86.3 Å². The Hall–Kier alpha value is -2.41. The van der Waals surface area contributed by atoms with E-state index < -0.39 is 18.5 Å². The predicted molar refractivity (Wildman–Crippen MR) is 105 cm³/mol. The average molecular weight is 421 g/mol. The molecule has 2 aromatic heterocycles. The molecule has 3 rings (SSSR count). The molecule has 1 aromatic carbocycles. The fourth-order valence-corrected chi connectivity index (χ4v) is 3.44. The largest absolute Gasteiger partial charge is 0.452 e. The van der Waals surface area contributed by atoms with Gasteiger partial charge in [-0.25, -0.2) is 9.78 Å². The third kappa shape index (κ3) is 5.07. The Morgan fingerprint density at radius 1 is 1.15 bits per heavy atom. The van der Waals surface area contributed by atoms with Crippen molar-refractivity contribution in [1.29, 1.82) is 0 Å². The Bertz CT molecular complexity index is 933. The molecule has 2 heterocycles. The standard InChI is InChI=1S/C19H14Cl2N2O3S/c20-14-9-13(10-22-18(14)21)19(25)26-11-16(24)23-17(15-7-4-8-27-15)12-5-2-1-3-6-12/h1-10,17H,11H2,(H,23,24). The van der Waals surface area contributed by atoms with Crippen LogP contribution in [0.1, 0.15) is 26.8 Å². The molecule has 27 heavy (non-hydrogen) atoms. The molecule has 0 saturated heterocycles. The van der Waals surface area contributed by atoms with Crippen LogP contribution in [0.2, 0.25) is 10.2 Å². The zero-order valence-corrected chi connectivity index (χ0v) is 16.2. The highest BCUT2D eigenvalue weighted by Crippen LogP contribution is 2.26. The van der Waals surface area contributed by atoms with E-state index in [0.717, 1.165) is 10.4 Å². The molecule has 0 aliphatic heterocycles. The number of nitrogens with zero attached hydrogens (tertiary/aromatic N) is 1. The van der Waals surface area contributed by atoms with E-state index in [-0.39, 0.29) is 21.8 Å². The zero-order valence-electron chi connectivity index (χ0n) is 13.9. The smallest absolute Gasteiger partial charge is 0.340 e. The first-order valence-electron chi connectivity index (χ1n) is 7.90. The van der Waals surface area contributed by atoms with E-state index in [1.54, 1.807) is 0 Å². The molecule has 1 amide bonds. The summed E-state index contributed by atoms with van der Waals surface area (Å²) in [6, 6.07) is 14.5. The van der Waals surface area contributed by atoms with Crippen molar-refractivity contribution in [3.8, 4) is 0 Å². The summed E-state index contributed by atoms with van der Waals surface area (Å²) in [7, 11) is 0. The number of carbonyl (C=O) groups is 2. The van der Waals surface area contributed by atoms with Crippen LogP contribution in [0.5, 0.6) is 0 Å². The number of rotatable bonds is 6. The van der Waals surface area contributed by atoms with Gasteiger partial charge in [0.15, 0.2) is 6.61 Å². The van der Waals surface area contributed by atoms with Crippen LogP contribution in [0.15, 0.2) is 60.1 Å². The van der Waals surface area contributed by atoms with Crippen molar-refractivity contribution >= 4 is 46.4 Å². The maximum Gasteiger partial charge on any atom is 0.340 e. The number of pyridine rings is 1.